The number of hydrogen-bond donors (Lipinski definition) is 2. The Kier molecular flexibility index (Phi) is 5.33. The van der Waals surface area contributed by atoms with E-state index in [1.165, 1.54) is 17.8 Å². The molecule has 1 aromatic heterocycles. The number of amides is 1. The van der Waals surface area contributed by atoms with E-state index in [9.17, 15) is 14.4 Å². The van der Waals surface area contributed by atoms with E-state index >= 15 is 0 Å². The number of thioether (sulfide) groups is 1. The predicted molar refractivity (Wildman–Crippen MR) is 97.1 cm³/mol. The average molecular weight is 357 g/mol. The second kappa shape index (κ2) is 7.65. The zero-order valence-corrected chi connectivity index (χ0v) is 14.7. The molecule has 1 aromatic carbocycles. The molecule has 0 aliphatic heterocycles. The van der Waals surface area contributed by atoms with Crippen LogP contribution < -0.4 is 10.9 Å². The Labute approximate surface area is 149 Å². The smallest absolute Gasteiger partial charge is 0.251 e. The number of hydrogen-bond acceptors (Lipinski definition) is 5. The fourth-order valence-corrected chi connectivity index (χ4v) is 3.07. The Morgan fingerprint density at radius 1 is 1.28 bits per heavy atom. The summed E-state index contributed by atoms with van der Waals surface area (Å²) in [6, 6.07) is 8.32. The van der Waals surface area contributed by atoms with Crippen LogP contribution in [-0.2, 0) is 11.2 Å². The quantitative estimate of drug-likeness (QED) is 0.451. The number of carbonyl (C=O) groups excluding carboxylic acids is 2. The summed E-state index contributed by atoms with van der Waals surface area (Å²) in [6.07, 6.45) is 2.57. The molecule has 25 heavy (non-hydrogen) atoms. The van der Waals surface area contributed by atoms with Gasteiger partial charge in [-0.15, -0.1) is 0 Å². The molecule has 0 saturated heterocycles. The molecule has 0 unspecified atom stereocenters. The first-order valence-electron chi connectivity index (χ1n) is 8.22. The summed E-state index contributed by atoms with van der Waals surface area (Å²) in [5.74, 6) is 0.311. The number of aromatic amines is 1. The van der Waals surface area contributed by atoms with Crippen molar-refractivity contribution in [2.75, 3.05) is 11.1 Å². The third kappa shape index (κ3) is 4.79. The van der Waals surface area contributed by atoms with Crippen LogP contribution >= 0.6 is 11.8 Å². The molecule has 1 aliphatic rings. The number of nitrogens with zero attached hydrogens (tertiary/aromatic N) is 1. The van der Waals surface area contributed by atoms with E-state index in [1.807, 2.05) is 6.92 Å². The molecule has 1 saturated carbocycles. The van der Waals surface area contributed by atoms with Crippen molar-refractivity contribution < 1.29 is 9.59 Å². The van der Waals surface area contributed by atoms with E-state index in [2.05, 4.69) is 15.3 Å². The summed E-state index contributed by atoms with van der Waals surface area (Å²) in [4.78, 5) is 42.5. The van der Waals surface area contributed by atoms with Gasteiger partial charge in [-0.1, -0.05) is 18.7 Å². The number of carbonyl (C=O) groups is 2. The van der Waals surface area contributed by atoms with Crippen LogP contribution in [0.15, 0.2) is 40.3 Å². The van der Waals surface area contributed by atoms with E-state index < -0.39 is 0 Å². The zero-order valence-electron chi connectivity index (χ0n) is 13.9. The van der Waals surface area contributed by atoms with Gasteiger partial charge in [0.1, 0.15) is 0 Å². The fraction of sp³-hybridized carbons (Fsp3) is 0.333. The normalized spacial score (nSPS) is 13.5. The molecule has 1 amide bonds. The van der Waals surface area contributed by atoms with Crippen molar-refractivity contribution in [1.82, 2.24) is 9.97 Å². The molecule has 2 aromatic rings. The Morgan fingerprint density at radius 3 is 2.64 bits per heavy atom. The maximum Gasteiger partial charge on any atom is 0.251 e. The van der Waals surface area contributed by atoms with Crippen LogP contribution in [0.3, 0.4) is 0 Å². The number of nitrogens with one attached hydrogen (secondary N) is 2. The van der Waals surface area contributed by atoms with Crippen LogP contribution in [0.1, 0.15) is 35.8 Å². The number of benzene rings is 1. The van der Waals surface area contributed by atoms with Gasteiger partial charge in [-0.3, -0.25) is 14.4 Å². The molecule has 130 valence electrons. The van der Waals surface area contributed by atoms with Crippen molar-refractivity contribution in [3.63, 3.8) is 0 Å². The molecule has 1 fully saturated rings. The third-order valence-corrected chi connectivity index (χ3v) is 4.77. The van der Waals surface area contributed by atoms with Crippen molar-refractivity contribution in [3.8, 4) is 0 Å². The summed E-state index contributed by atoms with van der Waals surface area (Å²) in [7, 11) is 0. The lowest BCUT2D eigenvalue weighted by Gasteiger charge is -2.06. The molecule has 7 heteroatoms. The molecule has 0 atom stereocenters. The number of rotatable bonds is 7. The maximum atomic E-state index is 12.3. The lowest BCUT2D eigenvalue weighted by atomic mass is 10.1. The first kappa shape index (κ1) is 17.4. The number of H-pyrrole nitrogens is 1. The number of aromatic nitrogens is 2. The minimum atomic E-state index is -0.211. The first-order chi connectivity index (χ1) is 12.0. The van der Waals surface area contributed by atoms with Gasteiger partial charge < -0.3 is 10.3 Å². The summed E-state index contributed by atoms with van der Waals surface area (Å²) in [5.41, 5.74) is 1.75. The number of ketones is 1. The Balaban J connectivity index is 1.58. The topological polar surface area (TPSA) is 91.9 Å². The predicted octanol–water partition coefficient (Wildman–Crippen LogP) is 2.66. The average Bonchev–Trinajstić information content (AvgIpc) is 3.45. The number of Topliss-reactive ketones (excluding diaryl/α,β-unsaturated/α-hetero) is 1. The summed E-state index contributed by atoms with van der Waals surface area (Å²) >= 11 is 1.21. The van der Waals surface area contributed by atoms with E-state index in [4.69, 9.17) is 0 Å². The fourth-order valence-electron chi connectivity index (χ4n) is 2.28. The molecular formula is C18H19N3O3S. The third-order valence-electron chi connectivity index (χ3n) is 3.90. The van der Waals surface area contributed by atoms with Crippen LogP contribution in [0.25, 0.3) is 0 Å². The van der Waals surface area contributed by atoms with Gasteiger partial charge in [0.15, 0.2) is 10.9 Å². The molecule has 6 nitrogen and oxygen atoms in total. The monoisotopic (exact) mass is 357 g/mol. The van der Waals surface area contributed by atoms with Crippen molar-refractivity contribution in [1.29, 1.82) is 0 Å². The highest BCUT2D eigenvalue weighted by Gasteiger charge is 2.29. The second-order valence-electron chi connectivity index (χ2n) is 5.95. The van der Waals surface area contributed by atoms with Crippen molar-refractivity contribution in [3.05, 3.63) is 51.9 Å². The van der Waals surface area contributed by atoms with E-state index in [1.54, 1.807) is 24.3 Å². The van der Waals surface area contributed by atoms with Gasteiger partial charge in [-0.25, -0.2) is 4.98 Å². The van der Waals surface area contributed by atoms with E-state index in [-0.39, 0.29) is 28.9 Å². The Morgan fingerprint density at radius 2 is 2.00 bits per heavy atom. The first-order valence-corrected chi connectivity index (χ1v) is 9.21. The standard InChI is InChI=1S/C18H19N3O3S/c1-2-13-9-16(23)21-18(20-13)25-10-15(22)11-5-7-14(8-6-11)19-17(24)12-3-4-12/h5-9,12H,2-4,10H2,1H3,(H,19,24)(H,20,21,23). The minimum absolute atomic E-state index is 0.0421. The van der Waals surface area contributed by atoms with Gasteiger partial charge >= 0.3 is 0 Å². The van der Waals surface area contributed by atoms with Crippen LogP contribution in [0, 0.1) is 5.92 Å². The molecule has 2 N–H and O–H groups in total. The van der Waals surface area contributed by atoms with Crippen molar-refractivity contribution in [2.45, 2.75) is 31.3 Å². The largest absolute Gasteiger partial charge is 0.326 e. The molecule has 0 bridgehead atoms. The van der Waals surface area contributed by atoms with Crippen LogP contribution in [0.5, 0.6) is 0 Å². The Bertz CT molecular complexity index is 841. The van der Waals surface area contributed by atoms with Crippen molar-refractivity contribution >= 4 is 29.1 Å². The van der Waals surface area contributed by atoms with Gasteiger partial charge in [0.2, 0.25) is 5.91 Å². The molecule has 1 aliphatic carbocycles. The SMILES string of the molecule is CCc1cc(=O)[nH]c(SCC(=O)c2ccc(NC(=O)C3CC3)cc2)n1. The number of aryl methyl sites for hydroxylation is 1. The van der Waals surface area contributed by atoms with Crippen LogP contribution in [-0.4, -0.2) is 27.4 Å². The number of anilines is 1. The van der Waals surface area contributed by atoms with Gasteiger partial charge in [0.25, 0.3) is 5.56 Å². The van der Waals surface area contributed by atoms with E-state index in [0.717, 1.165) is 12.8 Å². The van der Waals surface area contributed by atoms with Gasteiger partial charge in [0, 0.05) is 28.9 Å². The van der Waals surface area contributed by atoms with Crippen LogP contribution in [0.2, 0.25) is 0 Å². The Hall–Kier alpha value is -2.41. The minimum Gasteiger partial charge on any atom is -0.326 e. The maximum absolute atomic E-state index is 12.3. The van der Waals surface area contributed by atoms with E-state index in [0.29, 0.717) is 28.5 Å². The highest BCUT2D eigenvalue weighted by atomic mass is 32.2. The summed E-state index contributed by atoms with van der Waals surface area (Å²) < 4.78 is 0. The van der Waals surface area contributed by atoms with Gasteiger partial charge in [-0.05, 0) is 43.5 Å². The van der Waals surface area contributed by atoms with Gasteiger partial charge in [-0.2, -0.15) is 0 Å². The van der Waals surface area contributed by atoms with Crippen LogP contribution in [0.4, 0.5) is 5.69 Å². The summed E-state index contributed by atoms with van der Waals surface area (Å²) in [6.45, 7) is 1.92. The molecule has 3 rings (SSSR count). The van der Waals surface area contributed by atoms with Crippen molar-refractivity contribution in [2.24, 2.45) is 5.92 Å². The second-order valence-corrected chi connectivity index (χ2v) is 6.91. The molecule has 0 spiro atoms. The molecule has 1 heterocycles. The lowest BCUT2D eigenvalue weighted by molar-refractivity contribution is -0.117. The molecule has 0 radical (unpaired) electrons. The summed E-state index contributed by atoms with van der Waals surface area (Å²) in [5, 5.41) is 3.29. The van der Waals surface area contributed by atoms with Gasteiger partial charge in [0.05, 0.1) is 5.75 Å². The lowest BCUT2D eigenvalue weighted by Crippen LogP contribution is -2.13. The highest BCUT2D eigenvalue weighted by Crippen LogP contribution is 2.30. The molecular weight excluding hydrogens is 338 g/mol. The zero-order chi connectivity index (χ0) is 17.8. The highest BCUT2D eigenvalue weighted by molar-refractivity contribution is 7.99.